The standard InChI is InChI=1S/C17H25N3O2/c1-4-12-5-7-14(8-6-12)20-10-13(9-15(20)21)16(22)19-11-17(2,3)18/h5-8,13H,4,9-11,18H2,1-3H3,(H,19,22). The van der Waals surface area contributed by atoms with Crippen LogP contribution in [0, 0.1) is 5.92 Å². The number of carbonyl (C=O) groups is 2. The summed E-state index contributed by atoms with van der Waals surface area (Å²) in [6.07, 6.45) is 1.22. The number of hydrogen-bond acceptors (Lipinski definition) is 3. The zero-order chi connectivity index (χ0) is 16.3. The fraction of sp³-hybridized carbons (Fsp3) is 0.529. The third kappa shape index (κ3) is 4.07. The normalized spacial score (nSPS) is 18.6. The van der Waals surface area contributed by atoms with Crippen molar-refractivity contribution in [2.45, 2.75) is 39.2 Å². The quantitative estimate of drug-likeness (QED) is 0.864. The van der Waals surface area contributed by atoms with Crippen molar-refractivity contribution < 1.29 is 9.59 Å². The van der Waals surface area contributed by atoms with Gasteiger partial charge in [-0.05, 0) is 38.0 Å². The molecule has 3 N–H and O–H groups in total. The highest BCUT2D eigenvalue weighted by Gasteiger charge is 2.35. The molecule has 1 aliphatic heterocycles. The maximum atomic E-state index is 12.2. The summed E-state index contributed by atoms with van der Waals surface area (Å²) in [5.41, 5.74) is 7.50. The minimum Gasteiger partial charge on any atom is -0.354 e. The lowest BCUT2D eigenvalue weighted by molar-refractivity contribution is -0.126. The Morgan fingerprint density at radius 2 is 2.00 bits per heavy atom. The van der Waals surface area contributed by atoms with Gasteiger partial charge in [-0.1, -0.05) is 19.1 Å². The molecule has 2 amide bonds. The van der Waals surface area contributed by atoms with Crippen molar-refractivity contribution in [3.8, 4) is 0 Å². The van der Waals surface area contributed by atoms with Gasteiger partial charge < -0.3 is 16.0 Å². The average Bonchev–Trinajstić information content (AvgIpc) is 2.86. The van der Waals surface area contributed by atoms with Crippen LogP contribution >= 0.6 is 0 Å². The highest BCUT2D eigenvalue weighted by Crippen LogP contribution is 2.25. The molecule has 5 nitrogen and oxygen atoms in total. The summed E-state index contributed by atoms with van der Waals surface area (Å²) >= 11 is 0. The summed E-state index contributed by atoms with van der Waals surface area (Å²) in [6.45, 7) is 6.64. The van der Waals surface area contributed by atoms with Crippen molar-refractivity contribution in [2.75, 3.05) is 18.0 Å². The Kier molecular flexibility index (Phi) is 4.86. The second-order valence-electron chi connectivity index (χ2n) is 6.63. The lowest BCUT2D eigenvalue weighted by atomic mass is 10.1. The topological polar surface area (TPSA) is 75.4 Å². The van der Waals surface area contributed by atoms with Crippen LogP contribution in [0.25, 0.3) is 0 Å². The molecule has 1 fully saturated rings. The number of benzene rings is 1. The maximum absolute atomic E-state index is 12.2. The molecule has 0 aromatic heterocycles. The van der Waals surface area contributed by atoms with E-state index in [0.29, 0.717) is 13.1 Å². The molecule has 1 aromatic carbocycles. The predicted octanol–water partition coefficient (Wildman–Crippen LogP) is 1.46. The van der Waals surface area contributed by atoms with Crippen molar-refractivity contribution >= 4 is 17.5 Å². The Balaban J connectivity index is 1.99. The number of rotatable bonds is 5. The number of nitrogens with one attached hydrogen (secondary N) is 1. The number of nitrogens with two attached hydrogens (primary N) is 1. The third-order valence-corrected chi connectivity index (χ3v) is 3.87. The highest BCUT2D eigenvalue weighted by molar-refractivity contribution is 6.00. The van der Waals surface area contributed by atoms with Crippen LogP contribution in [0.3, 0.4) is 0 Å². The van der Waals surface area contributed by atoms with Crippen molar-refractivity contribution in [1.82, 2.24) is 5.32 Å². The van der Waals surface area contributed by atoms with E-state index in [1.54, 1.807) is 4.90 Å². The van der Waals surface area contributed by atoms with Crippen molar-refractivity contribution in [2.24, 2.45) is 11.7 Å². The van der Waals surface area contributed by atoms with E-state index in [1.165, 1.54) is 5.56 Å². The molecule has 5 heteroatoms. The molecule has 1 unspecified atom stereocenters. The molecule has 0 spiro atoms. The zero-order valence-corrected chi connectivity index (χ0v) is 13.6. The summed E-state index contributed by atoms with van der Waals surface area (Å²) < 4.78 is 0. The van der Waals surface area contributed by atoms with Crippen LogP contribution in [0.15, 0.2) is 24.3 Å². The first kappa shape index (κ1) is 16.5. The van der Waals surface area contributed by atoms with Gasteiger partial charge in [-0.3, -0.25) is 9.59 Å². The molecule has 0 aliphatic carbocycles. The second-order valence-corrected chi connectivity index (χ2v) is 6.63. The van der Waals surface area contributed by atoms with Crippen LogP contribution in [0.2, 0.25) is 0 Å². The fourth-order valence-corrected chi connectivity index (χ4v) is 2.50. The number of aryl methyl sites for hydroxylation is 1. The summed E-state index contributed by atoms with van der Waals surface area (Å²) in [5.74, 6) is -0.406. The smallest absolute Gasteiger partial charge is 0.227 e. The summed E-state index contributed by atoms with van der Waals surface area (Å²) in [6, 6.07) is 7.93. The van der Waals surface area contributed by atoms with Gasteiger partial charge >= 0.3 is 0 Å². The molecule has 1 saturated heterocycles. The zero-order valence-electron chi connectivity index (χ0n) is 13.6. The Morgan fingerprint density at radius 3 is 2.55 bits per heavy atom. The van der Waals surface area contributed by atoms with E-state index in [2.05, 4.69) is 12.2 Å². The number of nitrogens with zero attached hydrogens (tertiary/aromatic N) is 1. The molecule has 0 radical (unpaired) electrons. The third-order valence-electron chi connectivity index (χ3n) is 3.87. The van der Waals surface area contributed by atoms with Crippen LogP contribution in [-0.2, 0) is 16.0 Å². The van der Waals surface area contributed by atoms with Crippen molar-refractivity contribution in [1.29, 1.82) is 0 Å². The summed E-state index contributed by atoms with van der Waals surface area (Å²) in [5, 5.41) is 2.83. The number of anilines is 1. The Hall–Kier alpha value is -1.88. The van der Waals surface area contributed by atoms with E-state index in [1.807, 2.05) is 38.1 Å². The summed E-state index contributed by atoms with van der Waals surface area (Å²) in [7, 11) is 0. The Bertz CT molecular complexity index is 546. The molecule has 22 heavy (non-hydrogen) atoms. The summed E-state index contributed by atoms with van der Waals surface area (Å²) in [4.78, 5) is 26.0. The number of hydrogen-bond donors (Lipinski definition) is 2. The van der Waals surface area contributed by atoms with E-state index in [-0.39, 0.29) is 24.2 Å². The maximum Gasteiger partial charge on any atom is 0.227 e. The van der Waals surface area contributed by atoms with Crippen molar-refractivity contribution in [3.05, 3.63) is 29.8 Å². The molecule has 1 aliphatic rings. The molecule has 2 rings (SSSR count). The van der Waals surface area contributed by atoms with Gasteiger partial charge in [0.05, 0.1) is 5.92 Å². The molecule has 120 valence electrons. The molecule has 0 saturated carbocycles. The minimum absolute atomic E-state index is 0.00333. The van der Waals surface area contributed by atoms with Crippen LogP contribution in [0.5, 0.6) is 0 Å². The van der Waals surface area contributed by atoms with Gasteiger partial charge in [0.1, 0.15) is 0 Å². The fourth-order valence-electron chi connectivity index (χ4n) is 2.50. The van der Waals surface area contributed by atoms with E-state index < -0.39 is 5.54 Å². The Morgan fingerprint density at radius 1 is 1.36 bits per heavy atom. The minimum atomic E-state index is -0.450. The van der Waals surface area contributed by atoms with Crippen LogP contribution in [0.4, 0.5) is 5.69 Å². The Labute approximate surface area is 131 Å². The number of carbonyl (C=O) groups excluding carboxylic acids is 2. The predicted molar refractivity (Wildman–Crippen MR) is 87.6 cm³/mol. The van der Waals surface area contributed by atoms with E-state index in [9.17, 15) is 9.59 Å². The largest absolute Gasteiger partial charge is 0.354 e. The molecule has 1 heterocycles. The van der Waals surface area contributed by atoms with Crippen LogP contribution in [-0.4, -0.2) is 30.4 Å². The van der Waals surface area contributed by atoms with E-state index >= 15 is 0 Å². The molecule has 1 aromatic rings. The van der Waals surface area contributed by atoms with Gasteiger partial charge in [-0.15, -0.1) is 0 Å². The molecular weight excluding hydrogens is 278 g/mol. The number of amides is 2. The van der Waals surface area contributed by atoms with Crippen LogP contribution < -0.4 is 16.0 Å². The lowest BCUT2D eigenvalue weighted by Crippen LogP contribution is -2.46. The highest BCUT2D eigenvalue weighted by atomic mass is 16.2. The monoisotopic (exact) mass is 303 g/mol. The van der Waals surface area contributed by atoms with Gasteiger partial charge in [0.2, 0.25) is 11.8 Å². The lowest BCUT2D eigenvalue weighted by Gasteiger charge is -2.21. The van der Waals surface area contributed by atoms with Gasteiger partial charge in [0.25, 0.3) is 0 Å². The van der Waals surface area contributed by atoms with Gasteiger partial charge in [-0.25, -0.2) is 0 Å². The average molecular weight is 303 g/mol. The van der Waals surface area contributed by atoms with E-state index in [4.69, 9.17) is 5.73 Å². The first-order chi connectivity index (χ1) is 10.3. The SMILES string of the molecule is CCc1ccc(N2CC(C(=O)NCC(C)(C)N)CC2=O)cc1. The molecule has 0 bridgehead atoms. The second kappa shape index (κ2) is 6.48. The van der Waals surface area contributed by atoms with Crippen LogP contribution in [0.1, 0.15) is 32.8 Å². The van der Waals surface area contributed by atoms with Gasteiger partial charge in [0.15, 0.2) is 0 Å². The van der Waals surface area contributed by atoms with Gasteiger partial charge in [-0.2, -0.15) is 0 Å². The first-order valence-electron chi connectivity index (χ1n) is 7.76. The molecule has 1 atom stereocenters. The first-order valence-corrected chi connectivity index (χ1v) is 7.76. The van der Waals surface area contributed by atoms with E-state index in [0.717, 1.165) is 12.1 Å². The van der Waals surface area contributed by atoms with Gasteiger partial charge in [0, 0.05) is 30.7 Å². The molecular formula is C17H25N3O2. The van der Waals surface area contributed by atoms with Crippen molar-refractivity contribution in [3.63, 3.8) is 0 Å².